The van der Waals surface area contributed by atoms with Crippen LogP contribution in [0, 0.1) is 0 Å². The van der Waals surface area contributed by atoms with E-state index < -0.39 is 51.8 Å². The molecule has 1 N–H and O–H groups in total. The van der Waals surface area contributed by atoms with E-state index in [1.54, 1.807) is 34.8 Å². The van der Waals surface area contributed by atoms with Crippen LogP contribution in [0.25, 0.3) is 11.2 Å². The lowest BCUT2D eigenvalue weighted by Gasteiger charge is -2.37. The molecule has 3 aliphatic rings. The maximum absolute atomic E-state index is 7.66. The van der Waals surface area contributed by atoms with Crippen molar-refractivity contribution in [2.24, 2.45) is 0 Å². The molecular weight excluding hydrogens is 1120 g/mol. The largest absolute Gasteiger partial charge is 0.497 e. The maximum Gasteiger partial charge on any atom is 0.260 e. The molecule has 0 spiro atoms. The quantitative estimate of drug-likeness (QED) is 0.0369. The molecule has 3 fully saturated rings. The summed E-state index contributed by atoms with van der Waals surface area (Å²) in [7, 11) is 3.57. The van der Waals surface area contributed by atoms with Crippen molar-refractivity contribution in [1.29, 1.82) is 0 Å². The van der Waals surface area contributed by atoms with Crippen LogP contribution < -0.4 is 29.0 Å². The zero-order valence-electron chi connectivity index (χ0n) is 50.1. The van der Waals surface area contributed by atoms with Gasteiger partial charge >= 0.3 is 0 Å². The van der Waals surface area contributed by atoms with Gasteiger partial charge in [-0.1, -0.05) is 159 Å². The van der Waals surface area contributed by atoms with E-state index in [0.717, 1.165) is 87.4 Å². The number of fused-ring (bicyclic) bond motifs is 2. The van der Waals surface area contributed by atoms with Gasteiger partial charge in [0.2, 0.25) is 11.8 Å². The minimum atomic E-state index is -1.57. The van der Waals surface area contributed by atoms with E-state index in [1.807, 2.05) is 89.5 Å². The number of imidazole rings is 1. The predicted octanol–water partition coefficient (Wildman–Crippen LogP) is 14.3. The Morgan fingerprint density at radius 3 is 1.67 bits per heavy atom. The number of aromatic nitrogens is 4. The number of methoxy groups -OCH3 is 4. The number of hydrogen-bond acceptors (Lipinski definition) is 14. The van der Waals surface area contributed by atoms with Crippen LogP contribution >= 0.6 is 8.53 Å². The molecule has 12 rings (SSSR count). The lowest BCUT2D eigenvalue weighted by molar-refractivity contribution is -0.0909. The van der Waals surface area contributed by atoms with Crippen LogP contribution in [-0.2, 0) is 35.3 Å². The Bertz CT molecular complexity index is 3600. The third-order valence-electron chi connectivity index (χ3n) is 17.1. The molecule has 0 amide bonds. The second-order valence-electron chi connectivity index (χ2n) is 23.5. The number of rotatable bonds is 23. The summed E-state index contributed by atoms with van der Waals surface area (Å²) < 4.78 is 63.9. The van der Waals surface area contributed by atoms with E-state index >= 15 is 0 Å². The maximum atomic E-state index is 7.66. The average Bonchev–Trinajstić information content (AvgIpc) is 2.74. The fourth-order valence-electron chi connectivity index (χ4n) is 12.4. The molecule has 7 aromatic carbocycles. The Morgan fingerprint density at radius 2 is 1.14 bits per heavy atom. The number of nitrogens with zero attached hydrogens (tertiary/aromatic N) is 5. The molecule has 2 aromatic heterocycles. The van der Waals surface area contributed by atoms with Crippen molar-refractivity contribution in [1.82, 2.24) is 24.2 Å². The van der Waals surface area contributed by atoms with Gasteiger partial charge in [0, 0.05) is 21.0 Å². The van der Waals surface area contributed by atoms with Crippen molar-refractivity contribution in [3.05, 3.63) is 233 Å². The van der Waals surface area contributed by atoms with Gasteiger partial charge in [0.15, 0.2) is 11.2 Å². The van der Waals surface area contributed by atoms with Gasteiger partial charge < -0.3 is 47.5 Å². The van der Waals surface area contributed by atoms with Gasteiger partial charge in [0.1, 0.15) is 52.1 Å². The third kappa shape index (κ3) is 11.5. The molecule has 17 heteroatoms. The van der Waals surface area contributed by atoms with Crippen molar-refractivity contribution in [3.8, 4) is 28.9 Å². The number of ether oxygens (including phenoxy) is 7. The van der Waals surface area contributed by atoms with Crippen LogP contribution in [0.3, 0.4) is 0 Å². The summed E-state index contributed by atoms with van der Waals surface area (Å²) in [4.78, 5) is 15.8. The first kappa shape index (κ1) is 58.7. The fourth-order valence-corrected chi connectivity index (χ4v) is 15.2. The molecule has 15 nitrogen and oxygen atoms in total. The first-order chi connectivity index (χ1) is 41.8. The molecule has 0 bridgehead atoms. The molecular formula is C69H75N6O9PSi. The molecule has 3 aliphatic heterocycles. The summed E-state index contributed by atoms with van der Waals surface area (Å²) >= 11 is 0. The molecule has 3 saturated heterocycles. The smallest absolute Gasteiger partial charge is 0.260 e. The summed E-state index contributed by atoms with van der Waals surface area (Å²) in [6.07, 6.45) is 2.45. The number of nitrogens with one attached hydrogen (secondary N) is 1. The first-order valence-electron chi connectivity index (χ1n) is 29.5. The first-order valence-corrected chi connectivity index (χ1v) is 34.3. The summed E-state index contributed by atoms with van der Waals surface area (Å²) in [5.41, 5.74) is 4.92. The topological polar surface area (TPSA) is 142 Å². The van der Waals surface area contributed by atoms with Gasteiger partial charge in [-0.05, 0) is 113 Å². The molecule has 9 aromatic rings. The minimum Gasteiger partial charge on any atom is -0.497 e. The van der Waals surface area contributed by atoms with E-state index in [-0.39, 0.29) is 12.6 Å². The summed E-state index contributed by atoms with van der Waals surface area (Å²) in [6, 6.07) is 64.6. The Morgan fingerprint density at radius 1 is 0.640 bits per heavy atom. The van der Waals surface area contributed by atoms with Gasteiger partial charge in [-0.2, -0.15) is 9.97 Å². The molecule has 6 atom stereocenters. The Labute approximate surface area is 506 Å². The molecule has 86 heavy (non-hydrogen) atoms. The molecule has 0 radical (unpaired) electrons. The number of hydrogen-bond donors (Lipinski definition) is 1. The van der Waals surface area contributed by atoms with Crippen LogP contribution in [0.1, 0.15) is 71.4 Å². The standard InChI is InChI=1S/C69H75N6O9PSi/c1-67(48-19-12-9-13-20-48)61-25-18-42-75(61)85(84-67)83-59-45-62(82-60(59)46-81-69(52-23-16-11-17-24-52,53-30-38-57(78-4)39-31-53)54-32-40-58(79-5)41-33-54)74-47-70-63-64(74)71-66(72-65(63)80-43-44-86(6,7)8)73-68(49-21-14-10-15-22-49,50-26-34-55(76-2)35-27-50)51-28-36-56(77-3)37-29-51/h9-17,19-24,26-41,47,59-62H,18,25,42-46H2,1-8H3,(H,71,72,73)/t59-,60+,61?,62+,67+,85?/m0/s1. The van der Waals surface area contributed by atoms with Crippen molar-refractivity contribution < 1.29 is 42.2 Å². The van der Waals surface area contributed by atoms with Crippen molar-refractivity contribution in [3.63, 3.8) is 0 Å². The molecule has 0 saturated carbocycles. The lowest BCUT2D eigenvalue weighted by Crippen LogP contribution is -2.39. The average molecular weight is 1190 g/mol. The van der Waals surface area contributed by atoms with Crippen LogP contribution in [-0.4, -0.2) is 98.7 Å². The molecule has 2 unspecified atom stereocenters. The van der Waals surface area contributed by atoms with Gasteiger partial charge in [0.05, 0.1) is 60.1 Å². The summed E-state index contributed by atoms with van der Waals surface area (Å²) in [5.74, 6) is 3.60. The molecule has 0 aliphatic carbocycles. The number of anilines is 1. The second-order valence-corrected chi connectivity index (χ2v) is 30.5. The predicted molar refractivity (Wildman–Crippen MR) is 338 cm³/mol. The Hall–Kier alpha value is -7.66. The zero-order chi connectivity index (χ0) is 59.5. The normalized spacial score (nSPS) is 20.6. The fraction of sp³-hybridized carbons (Fsp3) is 0.319. The number of benzene rings is 7. The van der Waals surface area contributed by atoms with Crippen LogP contribution in [0.5, 0.6) is 28.9 Å². The molecule has 5 heterocycles. The summed E-state index contributed by atoms with van der Waals surface area (Å²) in [5, 5.41) is 3.93. The SMILES string of the molecule is COc1ccc(C(Nc2nc(OCC[Si](C)(C)C)c3ncn([C@H]4C[C@H](OP5O[C@](C)(c6ccccc6)C6CCCN65)[C@@H](COC(c5ccccc5)(c5ccc(OC)cc5)c5ccc(OC)cc5)O4)c3n2)(c2ccccc2)c2ccc(OC)cc2)cc1. The van der Waals surface area contributed by atoms with Gasteiger partial charge in [-0.3, -0.25) is 4.57 Å². The van der Waals surface area contributed by atoms with E-state index in [1.165, 1.54) is 0 Å². The van der Waals surface area contributed by atoms with Crippen molar-refractivity contribution in [2.75, 3.05) is 53.5 Å². The van der Waals surface area contributed by atoms with Crippen LogP contribution in [0.15, 0.2) is 194 Å². The Kier molecular flexibility index (Phi) is 17.0. The third-order valence-corrected chi connectivity index (χ3v) is 20.7. The van der Waals surface area contributed by atoms with Crippen LogP contribution in [0.4, 0.5) is 5.95 Å². The van der Waals surface area contributed by atoms with Gasteiger partial charge in [-0.25, -0.2) is 9.65 Å². The molecule has 444 valence electrons. The second kappa shape index (κ2) is 25.0. The minimum absolute atomic E-state index is 0.111. The highest BCUT2D eigenvalue weighted by molar-refractivity contribution is 7.45. The highest BCUT2D eigenvalue weighted by Gasteiger charge is 2.57. The lowest BCUT2D eigenvalue weighted by atomic mass is 9.77. The van der Waals surface area contributed by atoms with E-state index in [4.69, 9.17) is 57.2 Å². The highest BCUT2D eigenvalue weighted by Crippen LogP contribution is 2.64. The van der Waals surface area contributed by atoms with Crippen molar-refractivity contribution >= 4 is 33.7 Å². The van der Waals surface area contributed by atoms with Gasteiger partial charge in [-0.15, -0.1) is 0 Å². The summed E-state index contributed by atoms with van der Waals surface area (Å²) in [6.45, 7) is 10.7. The van der Waals surface area contributed by atoms with Crippen molar-refractivity contribution in [2.45, 2.75) is 93.1 Å². The monoisotopic (exact) mass is 1190 g/mol. The van der Waals surface area contributed by atoms with E-state index in [0.29, 0.717) is 36.0 Å². The Balaban J connectivity index is 0.982. The van der Waals surface area contributed by atoms with Crippen LogP contribution in [0.2, 0.25) is 25.7 Å². The van der Waals surface area contributed by atoms with Gasteiger partial charge in [0.25, 0.3) is 8.53 Å². The van der Waals surface area contributed by atoms with E-state index in [9.17, 15) is 0 Å². The van der Waals surface area contributed by atoms with E-state index in [2.05, 4.69) is 140 Å². The highest BCUT2D eigenvalue weighted by atomic mass is 31.2. The zero-order valence-corrected chi connectivity index (χ0v) is 52.0.